The molecule has 6 nitrogen and oxygen atoms in total. The lowest BCUT2D eigenvalue weighted by atomic mass is 10.1. The Morgan fingerprint density at radius 1 is 1.00 bits per heavy atom. The first-order valence-corrected chi connectivity index (χ1v) is 13.3. The van der Waals surface area contributed by atoms with Crippen molar-refractivity contribution < 1.29 is 9.53 Å². The highest BCUT2D eigenvalue weighted by Gasteiger charge is 2.36. The fourth-order valence-corrected chi connectivity index (χ4v) is 5.60. The lowest BCUT2D eigenvalue weighted by molar-refractivity contribution is -0.114. The van der Waals surface area contributed by atoms with Crippen molar-refractivity contribution in [3.63, 3.8) is 0 Å². The molecule has 1 N–H and O–H groups in total. The summed E-state index contributed by atoms with van der Waals surface area (Å²) in [7, 11) is 0. The number of para-hydroxylation sites is 1. The lowest BCUT2D eigenvalue weighted by Crippen LogP contribution is -2.38. The van der Waals surface area contributed by atoms with Crippen LogP contribution in [0, 0.1) is 19.3 Å². The molecule has 0 spiro atoms. The molecule has 6 rings (SSSR count). The van der Waals surface area contributed by atoms with Crippen molar-refractivity contribution in [2.45, 2.75) is 20.4 Å². The normalized spacial score (nSPS) is 16.2. The summed E-state index contributed by atoms with van der Waals surface area (Å²) in [6.07, 6.45) is 3.81. The molecule has 0 radical (unpaired) electrons. The molecule has 2 aliphatic rings. The number of amides is 1. The maximum absolute atomic E-state index is 13.0. The summed E-state index contributed by atoms with van der Waals surface area (Å²) in [5, 5.41) is 12.4. The van der Waals surface area contributed by atoms with E-state index >= 15 is 0 Å². The summed E-state index contributed by atoms with van der Waals surface area (Å²) in [4.78, 5) is 19.1. The van der Waals surface area contributed by atoms with E-state index in [9.17, 15) is 4.79 Å². The van der Waals surface area contributed by atoms with Crippen molar-refractivity contribution in [1.29, 1.82) is 5.41 Å². The van der Waals surface area contributed by atoms with E-state index in [-0.39, 0.29) is 11.4 Å². The molecule has 188 valence electrons. The Morgan fingerprint density at radius 3 is 2.61 bits per heavy atom. The molecule has 0 saturated heterocycles. The number of aryl methyl sites for hydroxylation is 2. The maximum atomic E-state index is 13.0. The number of carbonyl (C=O) groups is 1. The van der Waals surface area contributed by atoms with E-state index in [2.05, 4.69) is 41.6 Å². The highest BCUT2D eigenvalue weighted by atomic mass is 32.2. The number of benzene rings is 3. The number of fused-ring (bicyclic) bond motifs is 2. The quantitative estimate of drug-likeness (QED) is 0.291. The number of nitrogens with one attached hydrogen (secondary N) is 1. The third-order valence-electron chi connectivity index (χ3n) is 6.88. The molecule has 4 aromatic rings. The topological polar surface area (TPSA) is 70.7 Å². The summed E-state index contributed by atoms with van der Waals surface area (Å²) >= 11 is 1.37. The number of thioether (sulfide) groups is 1. The van der Waals surface area contributed by atoms with Crippen molar-refractivity contribution in [2.24, 2.45) is 4.99 Å². The molecule has 0 unspecified atom stereocenters. The Labute approximate surface area is 225 Å². The van der Waals surface area contributed by atoms with Crippen LogP contribution in [0.1, 0.15) is 22.3 Å². The minimum absolute atomic E-state index is 0.134. The third kappa shape index (κ3) is 4.35. The molecule has 0 atom stereocenters. The van der Waals surface area contributed by atoms with Gasteiger partial charge in [-0.05, 0) is 54.8 Å². The summed E-state index contributed by atoms with van der Waals surface area (Å²) in [6.45, 7) is 5.33. The largest absolute Gasteiger partial charge is 0.492 e. The molecule has 0 aliphatic carbocycles. The van der Waals surface area contributed by atoms with Gasteiger partial charge in [0.2, 0.25) is 0 Å². The fraction of sp³-hybridized carbons (Fsp3) is 0.129. The van der Waals surface area contributed by atoms with Gasteiger partial charge in [0.1, 0.15) is 18.2 Å². The van der Waals surface area contributed by atoms with E-state index in [4.69, 9.17) is 10.1 Å². The van der Waals surface area contributed by atoms with Crippen LogP contribution in [0.5, 0.6) is 5.75 Å². The van der Waals surface area contributed by atoms with Gasteiger partial charge in [-0.2, -0.15) is 4.99 Å². The first-order valence-electron chi connectivity index (χ1n) is 12.4. The fourth-order valence-electron chi connectivity index (χ4n) is 4.71. The average molecular weight is 519 g/mol. The molecule has 38 heavy (non-hydrogen) atoms. The van der Waals surface area contributed by atoms with Crippen LogP contribution in [0.25, 0.3) is 22.7 Å². The molecule has 1 amide bonds. The van der Waals surface area contributed by atoms with Crippen LogP contribution < -0.4 is 4.74 Å². The Morgan fingerprint density at radius 2 is 1.79 bits per heavy atom. The van der Waals surface area contributed by atoms with Gasteiger partial charge < -0.3 is 9.30 Å². The minimum atomic E-state index is -0.397. The van der Waals surface area contributed by atoms with Crippen LogP contribution >= 0.6 is 11.8 Å². The Balaban J connectivity index is 1.29. The predicted octanol–water partition coefficient (Wildman–Crippen LogP) is 6.64. The van der Waals surface area contributed by atoms with E-state index in [1.807, 2.05) is 66.2 Å². The first kappa shape index (κ1) is 24.0. The highest BCUT2D eigenvalue weighted by Crippen LogP contribution is 2.37. The predicted molar refractivity (Wildman–Crippen MR) is 155 cm³/mol. The summed E-state index contributed by atoms with van der Waals surface area (Å²) in [5.41, 5.74) is 6.46. The van der Waals surface area contributed by atoms with Gasteiger partial charge in [-0.3, -0.25) is 15.1 Å². The molecule has 0 saturated carbocycles. The van der Waals surface area contributed by atoms with Gasteiger partial charge >= 0.3 is 0 Å². The Bertz CT molecular complexity index is 1680. The Hall–Kier alpha value is -4.36. The van der Waals surface area contributed by atoms with Gasteiger partial charge in [0.05, 0.1) is 17.8 Å². The molecule has 0 bridgehead atoms. The summed E-state index contributed by atoms with van der Waals surface area (Å²) in [6, 6.07) is 24.1. The zero-order valence-corrected chi connectivity index (χ0v) is 22.0. The molecule has 3 aromatic carbocycles. The van der Waals surface area contributed by atoms with Gasteiger partial charge in [-0.15, -0.1) is 0 Å². The molecule has 0 fully saturated rings. The first-order chi connectivity index (χ1) is 18.5. The van der Waals surface area contributed by atoms with E-state index in [0.717, 1.165) is 33.5 Å². The zero-order valence-electron chi connectivity index (χ0n) is 21.1. The van der Waals surface area contributed by atoms with Crippen molar-refractivity contribution in [3.05, 3.63) is 112 Å². The van der Waals surface area contributed by atoms with Crippen LogP contribution in [-0.4, -0.2) is 33.0 Å². The van der Waals surface area contributed by atoms with Crippen molar-refractivity contribution in [2.75, 3.05) is 6.61 Å². The second-order valence-corrected chi connectivity index (χ2v) is 10.2. The SMILES string of the molecule is Cc1ccc(OCCn2cc(C=C3C(=N)N4C(c5ccccc5)=CSC4=NC3=O)c3ccccc32)cc1C. The van der Waals surface area contributed by atoms with Crippen LogP contribution in [0.15, 0.2) is 95.0 Å². The molecule has 3 heterocycles. The van der Waals surface area contributed by atoms with Gasteiger partial charge in [-0.1, -0.05) is 66.4 Å². The van der Waals surface area contributed by atoms with Crippen molar-refractivity contribution in [1.82, 2.24) is 9.47 Å². The number of amidine groups is 2. The van der Waals surface area contributed by atoms with Crippen LogP contribution in [0.2, 0.25) is 0 Å². The van der Waals surface area contributed by atoms with Gasteiger partial charge in [0.25, 0.3) is 5.91 Å². The van der Waals surface area contributed by atoms with Crippen LogP contribution in [0.3, 0.4) is 0 Å². The van der Waals surface area contributed by atoms with E-state index in [1.54, 1.807) is 11.0 Å². The number of carbonyl (C=O) groups excluding carboxylic acids is 1. The number of aliphatic imine (C=N–C) groups is 1. The summed E-state index contributed by atoms with van der Waals surface area (Å²) in [5.74, 6) is 0.592. The smallest absolute Gasteiger partial charge is 0.283 e. The zero-order chi connectivity index (χ0) is 26.2. The average Bonchev–Trinajstić information content (AvgIpc) is 3.51. The van der Waals surface area contributed by atoms with Crippen LogP contribution in [0.4, 0.5) is 0 Å². The van der Waals surface area contributed by atoms with Crippen LogP contribution in [-0.2, 0) is 11.3 Å². The van der Waals surface area contributed by atoms with E-state index < -0.39 is 5.91 Å². The second-order valence-electron chi connectivity index (χ2n) is 9.32. The van der Waals surface area contributed by atoms with Gasteiger partial charge in [-0.25, -0.2) is 0 Å². The molecule has 1 aromatic heterocycles. The van der Waals surface area contributed by atoms with Gasteiger partial charge in [0.15, 0.2) is 5.17 Å². The van der Waals surface area contributed by atoms with E-state index in [1.165, 1.54) is 22.9 Å². The number of nitrogens with zero attached hydrogens (tertiary/aromatic N) is 3. The molecule has 2 aliphatic heterocycles. The van der Waals surface area contributed by atoms with Gasteiger partial charge in [0, 0.05) is 28.1 Å². The van der Waals surface area contributed by atoms with E-state index in [0.29, 0.717) is 18.3 Å². The highest BCUT2D eigenvalue weighted by molar-refractivity contribution is 8.17. The molecule has 7 heteroatoms. The lowest BCUT2D eigenvalue weighted by Gasteiger charge is -2.26. The number of ether oxygens (including phenoxy) is 1. The number of rotatable bonds is 6. The maximum Gasteiger partial charge on any atom is 0.283 e. The third-order valence-corrected chi connectivity index (χ3v) is 7.71. The standard InChI is InChI=1S/C31H26N4O2S/c1-20-12-13-24(16-21(20)2)37-15-14-34-18-23(25-10-6-7-11-27(25)34)17-26-29(32)35-28(22-8-4-3-5-9-22)19-38-31(35)33-30(26)36/h3-13,16-19,32H,14-15H2,1-2H3. The number of hydrogen-bond donors (Lipinski definition) is 1. The second kappa shape index (κ2) is 9.84. The summed E-state index contributed by atoms with van der Waals surface area (Å²) < 4.78 is 8.17. The van der Waals surface area contributed by atoms with Crippen molar-refractivity contribution in [3.8, 4) is 5.75 Å². The molecular formula is C31H26N4O2S. The Kier molecular flexibility index (Phi) is 6.21. The monoisotopic (exact) mass is 518 g/mol. The number of aromatic nitrogens is 1. The number of hydrogen-bond acceptors (Lipinski definition) is 4. The minimum Gasteiger partial charge on any atom is -0.492 e. The molecular weight excluding hydrogens is 492 g/mol. The van der Waals surface area contributed by atoms with Crippen molar-refractivity contribution >= 4 is 51.3 Å².